The number of carbonyl (C=O) groups is 2. The topological polar surface area (TPSA) is 82.5 Å². The molecule has 1 fully saturated rings. The van der Waals surface area contributed by atoms with Crippen molar-refractivity contribution >= 4 is 12.0 Å². The fraction of sp³-hybridized carbons (Fsp3) is 0.462. The van der Waals surface area contributed by atoms with E-state index in [1.165, 1.54) is 0 Å². The van der Waals surface area contributed by atoms with Gasteiger partial charge >= 0.3 is 12.0 Å². The molecule has 0 radical (unpaired) electrons. The molecule has 6 nitrogen and oxygen atoms in total. The van der Waals surface area contributed by atoms with Gasteiger partial charge < -0.3 is 15.3 Å². The van der Waals surface area contributed by atoms with E-state index in [0.29, 0.717) is 6.54 Å². The van der Waals surface area contributed by atoms with Crippen LogP contribution in [0.15, 0.2) is 24.5 Å². The highest BCUT2D eigenvalue weighted by Gasteiger charge is 2.40. The van der Waals surface area contributed by atoms with E-state index in [9.17, 15) is 9.59 Å². The molecule has 2 N–H and O–H groups in total. The molecule has 6 heteroatoms. The van der Waals surface area contributed by atoms with Crippen molar-refractivity contribution in [3.63, 3.8) is 0 Å². The van der Waals surface area contributed by atoms with Gasteiger partial charge in [-0.3, -0.25) is 9.78 Å². The summed E-state index contributed by atoms with van der Waals surface area (Å²) in [7, 11) is 0. The van der Waals surface area contributed by atoms with Gasteiger partial charge in [0.1, 0.15) is 0 Å². The van der Waals surface area contributed by atoms with Gasteiger partial charge in [0.15, 0.2) is 0 Å². The van der Waals surface area contributed by atoms with Crippen molar-refractivity contribution in [2.45, 2.75) is 31.8 Å². The average molecular weight is 263 g/mol. The molecule has 1 aromatic heterocycles. The molecule has 1 aliphatic heterocycles. The standard InChI is InChI=1S/C13H17N3O3/c1-13(2,6-11(17)18)16-8-10(15-12(16)19)9-4-3-5-14-7-9/h3-5,7,10H,6,8H2,1-2H3,(H,15,19)(H,17,18). The quantitative estimate of drug-likeness (QED) is 0.860. The first-order valence-corrected chi connectivity index (χ1v) is 6.10. The molecule has 2 amide bonds. The Morgan fingerprint density at radius 1 is 1.63 bits per heavy atom. The minimum absolute atomic E-state index is 0.0832. The third kappa shape index (κ3) is 2.83. The first kappa shape index (κ1) is 13.3. The van der Waals surface area contributed by atoms with Crippen molar-refractivity contribution < 1.29 is 14.7 Å². The highest BCUT2D eigenvalue weighted by atomic mass is 16.4. The largest absolute Gasteiger partial charge is 0.481 e. The summed E-state index contributed by atoms with van der Waals surface area (Å²) in [6.07, 6.45) is 3.30. The van der Waals surface area contributed by atoms with E-state index in [2.05, 4.69) is 10.3 Å². The SMILES string of the molecule is CC(C)(CC(=O)O)N1CC(c2cccnc2)NC1=O. The van der Waals surface area contributed by atoms with Crippen LogP contribution in [0.4, 0.5) is 4.79 Å². The lowest BCUT2D eigenvalue weighted by atomic mass is 9.98. The van der Waals surface area contributed by atoms with Crippen LogP contribution >= 0.6 is 0 Å². The maximum atomic E-state index is 12.0. The minimum Gasteiger partial charge on any atom is -0.481 e. The number of carbonyl (C=O) groups excluding carboxylic acids is 1. The normalized spacial score (nSPS) is 19.4. The summed E-state index contributed by atoms with van der Waals surface area (Å²) in [5.74, 6) is -0.914. The van der Waals surface area contributed by atoms with Crippen LogP contribution in [-0.4, -0.2) is 39.1 Å². The van der Waals surface area contributed by atoms with E-state index in [4.69, 9.17) is 5.11 Å². The molecular formula is C13H17N3O3. The van der Waals surface area contributed by atoms with Crippen LogP contribution in [0.2, 0.25) is 0 Å². The van der Waals surface area contributed by atoms with Crippen LogP contribution in [0, 0.1) is 0 Å². The molecule has 2 rings (SSSR count). The number of carboxylic acid groups (broad SMARTS) is 1. The molecule has 102 valence electrons. The van der Waals surface area contributed by atoms with Crippen molar-refractivity contribution in [2.75, 3.05) is 6.54 Å². The number of aromatic nitrogens is 1. The Labute approximate surface area is 111 Å². The Bertz CT molecular complexity index is 487. The second kappa shape index (κ2) is 4.87. The lowest BCUT2D eigenvalue weighted by molar-refractivity contribution is -0.139. The average Bonchev–Trinajstić information content (AvgIpc) is 2.72. The number of nitrogens with one attached hydrogen (secondary N) is 1. The maximum Gasteiger partial charge on any atom is 0.318 e. The third-order valence-corrected chi connectivity index (χ3v) is 3.31. The molecule has 1 aromatic rings. The molecule has 0 aliphatic carbocycles. The molecule has 2 heterocycles. The van der Waals surface area contributed by atoms with Gasteiger partial charge in [0.25, 0.3) is 0 Å². The number of pyridine rings is 1. The molecule has 0 bridgehead atoms. The van der Waals surface area contributed by atoms with Crippen molar-refractivity contribution in [1.29, 1.82) is 0 Å². The highest BCUT2D eigenvalue weighted by Crippen LogP contribution is 2.28. The molecule has 0 spiro atoms. The van der Waals surface area contributed by atoms with E-state index in [1.54, 1.807) is 31.1 Å². The molecule has 0 aromatic carbocycles. The van der Waals surface area contributed by atoms with E-state index in [-0.39, 0.29) is 18.5 Å². The Balaban J connectivity index is 2.14. The number of rotatable bonds is 4. The van der Waals surface area contributed by atoms with Crippen molar-refractivity contribution in [3.8, 4) is 0 Å². The van der Waals surface area contributed by atoms with Crippen LogP contribution < -0.4 is 5.32 Å². The monoisotopic (exact) mass is 263 g/mol. The van der Waals surface area contributed by atoms with E-state index < -0.39 is 11.5 Å². The van der Waals surface area contributed by atoms with Crippen LogP contribution in [0.3, 0.4) is 0 Å². The first-order chi connectivity index (χ1) is 8.90. The van der Waals surface area contributed by atoms with Crippen molar-refractivity contribution in [3.05, 3.63) is 30.1 Å². The predicted molar refractivity (Wildman–Crippen MR) is 68.5 cm³/mol. The molecule has 0 saturated carbocycles. The zero-order chi connectivity index (χ0) is 14.0. The van der Waals surface area contributed by atoms with Gasteiger partial charge in [-0.1, -0.05) is 6.07 Å². The van der Waals surface area contributed by atoms with Crippen LogP contribution in [0.5, 0.6) is 0 Å². The van der Waals surface area contributed by atoms with Crippen molar-refractivity contribution in [2.24, 2.45) is 0 Å². The lowest BCUT2D eigenvalue weighted by Crippen LogP contribution is -2.47. The van der Waals surface area contributed by atoms with Gasteiger partial charge in [-0.2, -0.15) is 0 Å². The zero-order valence-electron chi connectivity index (χ0n) is 11.0. The maximum absolute atomic E-state index is 12.0. The van der Waals surface area contributed by atoms with Gasteiger partial charge in [-0.05, 0) is 25.5 Å². The molecule has 19 heavy (non-hydrogen) atoms. The van der Waals surface area contributed by atoms with Gasteiger partial charge in [0, 0.05) is 24.5 Å². The van der Waals surface area contributed by atoms with Crippen LogP contribution in [-0.2, 0) is 4.79 Å². The second-order valence-electron chi connectivity index (χ2n) is 5.28. The molecule has 1 aliphatic rings. The van der Waals surface area contributed by atoms with E-state index >= 15 is 0 Å². The Morgan fingerprint density at radius 2 is 2.37 bits per heavy atom. The Morgan fingerprint density at radius 3 is 2.95 bits per heavy atom. The second-order valence-corrected chi connectivity index (χ2v) is 5.28. The number of carboxylic acids is 1. The molecular weight excluding hydrogens is 246 g/mol. The number of hydrogen-bond acceptors (Lipinski definition) is 3. The predicted octanol–water partition coefficient (Wildman–Crippen LogP) is 1.40. The number of hydrogen-bond donors (Lipinski definition) is 2. The zero-order valence-corrected chi connectivity index (χ0v) is 11.0. The summed E-state index contributed by atoms with van der Waals surface area (Å²) in [6.45, 7) is 3.96. The summed E-state index contributed by atoms with van der Waals surface area (Å²) in [4.78, 5) is 28.4. The van der Waals surface area contributed by atoms with Crippen LogP contribution in [0.1, 0.15) is 31.9 Å². The molecule has 1 atom stereocenters. The Kier molecular flexibility index (Phi) is 3.42. The molecule has 1 unspecified atom stereocenters. The number of nitrogens with zero attached hydrogens (tertiary/aromatic N) is 2. The summed E-state index contributed by atoms with van der Waals surface area (Å²) in [6, 6.07) is 3.33. The summed E-state index contributed by atoms with van der Waals surface area (Å²) >= 11 is 0. The molecule has 1 saturated heterocycles. The van der Waals surface area contributed by atoms with Gasteiger partial charge in [-0.15, -0.1) is 0 Å². The van der Waals surface area contributed by atoms with Gasteiger partial charge in [-0.25, -0.2) is 4.79 Å². The minimum atomic E-state index is -0.914. The Hall–Kier alpha value is -2.11. The van der Waals surface area contributed by atoms with Gasteiger partial charge in [0.05, 0.1) is 12.5 Å². The van der Waals surface area contributed by atoms with E-state index in [1.807, 2.05) is 12.1 Å². The van der Waals surface area contributed by atoms with Crippen molar-refractivity contribution in [1.82, 2.24) is 15.2 Å². The number of amides is 2. The summed E-state index contributed by atoms with van der Waals surface area (Å²) in [5.41, 5.74) is 0.205. The number of aliphatic carboxylic acids is 1. The fourth-order valence-corrected chi connectivity index (χ4v) is 2.30. The van der Waals surface area contributed by atoms with Gasteiger partial charge in [0.2, 0.25) is 0 Å². The third-order valence-electron chi connectivity index (χ3n) is 3.31. The highest BCUT2D eigenvalue weighted by molar-refractivity contribution is 5.79. The summed E-state index contributed by atoms with van der Waals surface area (Å²) in [5, 5.41) is 11.8. The smallest absolute Gasteiger partial charge is 0.318 e. The first-order valence-electron chi connectivity index (χ1n) is 6.10. The van der Waals surface area contributed by atoms with E-state index in [0.717, 1.165) is 5.56 Å². The van der Waals surface area contributed by atoms with Crippen LogP contribution in [0.25, 0.3) is 0 Å². The fourth-order valence-electron chi connectivity index (χ4n) is 2.30. The lowest BCUT2D eigenvalue weighted by Gasteiger charge is -2.33. The number of urea groups is 1. The summed E-state index contributed by atoms with van der Waals surface area (Å²) < 4.78 is 0.